The molecule has 0 N–H and O–H groups in total. The number of hydrogen-bond acceptors (Lipinski definition) is 5. The maximum absolute atomic E-state index is 12.4. The molecule has 1 aromatic heterocycles. The molecule has 27 heavy (non-hydrogen) atoms. The van der Waals surface area contributed by atoms with Gasteiger partial charge in [0, 0.05) is 16.6 Å². The van der Waals surface area contributed by atoms with E-state index in [2.05, 4.69) is 4.90 Å². The highest BCUT2D eigenvalue weighted by Gasteiger charge is 2.26. The Hall–Kier alpha value is -2.95. The molecule has 138 valence electrons. The lowest BCUT2D eigenvalue weighted by atomic mass is 10.0. The number of ether oxygens (including phenoxy) is 2. The number of aryl methyl sites for hydroxylation is 1. The van der Waals surface area contributed by atoms with Crippen LogP contribution in [-0.4, -0.2) is 13.3 Å². The van der Waals surface area contributed by atoms with Gasteiger partial charge in [0.25, 0.3) is 0 Å². The normalized spacial score (nSPS) is 15.4. The van der Waals surface area contributed by atoms with Crippen LogP contribution in [0.25, 0.3) is 11.0 Å². The molecule has 5 nitrogen and oxygen atoms in total. The molecule has 0 bridgehead atoms. The van der Waals surface area contributed by atoms with Crippen LogP contribution in [0.1, 0.15) is 30.0 Å². The highest BCUT2D eigenvalue weighted by atomic mass is 16.5. The first-order valence-electron chi connectivity index (χ1n) is 9.45. The predicted molar refractivity (Wildman–Crippen MR) is 104 cm³/mol. The Kier molecular flexibility index (Phi) is 3.81. The van der Waals surface area contributed by atoms with Gasteiger partial charge in [-0.15, -0.1) is 0 Å². The average molecular weight is 363 g/mol. The van der Waals surface area contributed by atoms with Crippen LogP contribution in [0.5, 0.6) is 11.5 Å². The molecule has 2 aromatic carbocycles. The second-order valence-corrected chi connectivity index (χ2v) is 7.02. The number of rotatable bonds is 3. The summed E-state index contributed by atoms with van der Waals surface area (Å²) in [6, 6.07) is 12.0. The van der Waals surface area contributed by atoms with Crippen molar-refractivity contribution in [2.24, 2.45) is 0 Å². The summed E-state index contributed by atoms with van der Waals surface area (Å²) in [6.07, 6.45) is 2.78. The Labute approximate surface area is 157 Å². The summed E-state index contributed by atoms with van der Waals surface area (Å²) in [7, 11) is 0. The molecule has 0 spiro atoms. The fourth-order valence-electron chi connectivity index (χ4n) is 4.14. The summed E-state index contributed by atoms with van der Waals surface area (Å²) in [5, 5.41) is 1.05. The molecular weight excluding hydrogens is 342 g/mol. The fraction of sp³-hybridized carbons (Fsp3) is 0.318. The van der Waals surface area contributed by atoms with Gasteiger partial charge < -0.3 is 18.8 Å². The van der Waals surface area contributed by atoms with E-state index >= 15 is 0 Å². The first kappa shape index (κ1) is 16.2. The Morgan fingerprint density at radius 2 is 1.85 bits per heavy atom. The van der Waals surface area contributed by atoms with E-state index in [9.17, 15) is 4.79 Å². The standard InChI is InChI=1S/C22H21NO4/c1-2-25-15-8-6-14(7-9-15)23-12-19-20(26-13-23)11-10-17-16-4-3-5-18(16)22(24)27-21(17)19/h6-11H,2-5,12-13H2,1H3. The zero-order chi connectivity index (χ0) is 18.4. The lowest BCUT2D eigenvalue weighted by Gasteiger charge is -2.31. The van der Waals surface area contributed by atoms with Crippen LogP contribution in [-0.2, 0) is 19.4 Å². The predicted octanol–water partition coefficient (Wildman–Crippen LogP) is 4.04. The molecule has 0 unspecified atom stereocenters. The second-order valence-electron chi connectivity index (χ2n) is 7.02. The molecule has 5 rings (SSSR count). The van der Waals surface area contributed by atoms with E-state index < -0.39 is 0 Å². The molecule has 3 aromatic rings. The third-order valence-corrected chi connectivity index (χ3v) is 5.44. The van der Waals surface area contributed by atoms with Crippen molar-refractivity contribution < 1.29 is 13.9 Å². The van der Waals surface area contributed by atoms with Crippen LogP contribution in [0, 0.1) is 0 Å². The molecule has 0 radical (unpaired) electrons. The van der Waals surface area contributed by atoms with Gasteiger partial charge in [0.1, 0.15) is 17.1 Å². The summed E-state index contributed by atoms with van der Waals surface area (Å²) in [5.74, 6) is 1.65. The van der Waals surface area contributed by atoms with Crippen molar-refractivity contribution in [3.63, 3.8) is 0 Å². The van der Waals surface area contributed by atoms with E-state index in [0.717, 1.165) is 58.5 Å². The smallest absolute Gasteiger partial charge is 0.339 e. The summed E-state index contributed by atoms with van der Waals surface area (Å²) < 4.78 is 17.2. The molecule has 1 aliphatic carbocycles. The van der Waals surface area contributed by atoms with Gasteiger partial charge in [-0.2, -0.15) is 0 Å². The van der Waals surface area contributed by atoms with Gasteiger partial charge in [0.2, 0.25) is 0 Å². The van der Waals surface area contributed by atoms with Crippen molar-refractivity contribution in [1.29, 1.82) is 0 Å². The van der Waals surface area contributed by atoms with Crippen LogP contribution < -0.4 is 20.0 Å². The van der Waals surface area contributed by atoms with Crippen molar-refractivity contribution >= 4 is 16.7 Å². The highest BCUT2D eigenvalue weighted by Crippen LogP contribution is 2.37. The van der Waals surface area contributed by atoms with E-state index in [1.807, 2.05) is 43.3 Å². The van der Waals surface area contributed by atoms with E-state index in [-0.39, 0.29) is 5.63 Å². The van der Waals surface area contributed by atoms with E-state index in [1.54, 1.807) is 0 Å². The first-order valence-corrected chi connectivity index (χ1v) is 9.45. The van der Waals surface area contributed by atoms with Gasteiger partial charge in [-0.05, 0) is 68.1 Å². The van der Waals surface area contributed by atoms with Crippen LogP contribution >= 0.6 is 0 Å². The molecule has 0 amide bonds. The molecule has 0 fully saturated rings. The lowest BCUT2D eigenvalue weighted by molar-refractivity contribution is 0.289. The highest BCUT2D eigenvalue weighted by molar-refractivity contribution is 5.87. The van der Waals surface area contributed by atoms with Gasteiger partial charge in [-0.25, -0.2) is 4.79 Å². The van der Waals surface area contributed by atoms with Crippen LogP contribution in [0.3, 0.4) is 0 Å². The Bertz CT molecular complexity index is 1070. The van der Waals surface area contributed by atoms with Gasteiger partial charge >= 0.3 is 5.63 Å². The summed E-state index contributed by atoms with van der Waals surface area (Å²) >= 11 is 0. The summed E-state index contributed by atoms with van der Waals surface area (Å²) in [5.41, 5.74) is 4.48. The second kappa shape index (κ2) is 6.34. The average Bonchev–Trinajstić information content (AvgIpc) is 3.19. The molecule has 2 aliphatic rings. The van der Waals surface area contributed by atoms with Crippen molar-refractivity contribution in [1.82, 2.24) is 0 Å². The Morgan fingerprint density at radius 1 is 1.04 bits per heavy atom. The quantitative estimate of drug-likeness (QED) is 0.658. The van der Waals surface area contributed by atoms with Gasteiger partial charge in [-0.1, -0.05) is 0 Å². The van der Waals surface area contributed by atoms with E-state index in [1.165, 1.54) is 0 Å². The molecule has 0 saturated heterocycles. The van der Waals surface area contributed by atoms with Gasteiger partial charge in [0.05, 0.1) is 18.7 Å². The van der Waals surface area contributed by atoms with Gasteiger partial charge in [-0.3, -0.25) is 0 Å². The maximum Gasteiger partial charge on any atom is 0.339 e. The Balaban J connectivity index is 1.55. The largest absolute Gasteiger partial charge is 0.494 e. The minimum atomic E-state index is -0.193. The number of benzene rings is 2. The van der Waals surface area contributed by atoms with E-state index in [4.69, 9.17) is 13.9 Å². The lowest BCUT2D eigenvalue weighted by Crippen LogP contribution is -2.32. The number of fused-ring (bicyclic) bond motifs is 5. The monoisotopic (exact) mass is 363 g/mol. The topological polar surface area (TPSA) is 51.9 Å². The maximum atomic E-state index is 12.4. The molecule has 2 heterocycles. The van der Waals surface area contributed by atoms with Crippen LogP contribution in [0.4, 0.5) is 5.69 Å². The van der Waals surface area contributed by atoms with Crippen LogP contribution in [0.2, 0.25) is 0 Å². The minimum absolute atomic E-state index is 0.193. The van der Waals surface area contributed by atoms with Crippen LogP contribution in [0.15, 0.2) is 45.6 Å². The molecule has 0 saturated carbocycles. The third kappa shape index (κ3) is 2.65. The SMILES string of the molecule is CCOc1ccc(N2COc3ccc4c5c(c(=O)oc4c3C2)CCC5)cc1. The summed E-state index contributed by atoms with van der Waals surface area (Å²) in [4.78, 5) is 14.6. The number of nitrogens with zero attached hydrogens (tertiary/aromatic N) is 1. The van der Waals surface area contributed by atoms with E-state index in [0.29, 0.717) is 25.5 Å². The molecule has 5 heteroatoms. The summed E-state index contributed by atoms with van der Waals surface area (Å²) in [6.45, 7) is 3.72. The van der Waals surface area contributed by atoms with Crippen molar-refractivity contribution in [3.8, 4) is 11.5 Å². The fourth-order valence-corrected chi connectivity index (χ4v) is 4.14. The third-order valence-electron chi connectivity index (χ3n) is 5.44. The Morgan fingerprint density at radius 3 is 2.67 bits per heavy atom. The number of anilines is 1. The molecular formula is C22H21NO4. The molecule has 1 aliphatic heterocycles. The van der Waals surface area contributed by atoms with Crippen molar-refractivity contribution in [2.75, 3.05) is 18.2 Å². The van der Waals surface area contributed by atoms with Gasteiger partial charge in [0.15, 0.2) is 6.73 Å². The zero-order valence-electron chi connectivity index (χ0n) is 15.3. The minimum Gasteiger partial charge on any atom is -0.494 e. The van der Waals surface area contributed by atoms with Crippen molar-refractivity contribution in [3.05, 3.63) is 63.5 Å². The zero-order valence-corrected chi connectivity index (χ0v) is 15.3. The number of hydrogen-bond donors (Lipinski definition) is 0. The first-order chi connectivity index (χ1) is 13.2. The van der Waals surface area contributed by atoms with Crippen molar-refractivity contribution in [2.45, 2.75) is 32.7 Å². The molecule has 0 atom stereocenters.